The van der Waals surface area contributed by atoms with E-state index in [0.717, 1.165) is 84.6 Å². The molecule has 0 saturated heterocycles. The molecular weight excluding hydrogens is 675 g/mol. The second-order valence-corrected chi connectivity index (χ2v) is 12.7. The first-order chi connectivity index (χ1) is 26.5. The summed E-state index contributed by atoms with van der Waals surface area (Å²) < 4.78 is 24.3. The molecule has 0 atom stereocenters. The fourth-order valence-corrected chi connectivity index (χ4v) is 6.98. The van der Waals surface area contributed by atoms with Crippen LogP contribution in [0.5, 0.6) is 28.7 Å². The number of phenols is 1. The topological polar surface area (TPSA) is 68.6 Å². The highest BCUT2D eigenvalue weighted by molar-refractivity contribution is 6.12. The maximum absolute atomic E-state index is 10.2. The van der Waals surface area contributed by atoms with E-state index in [1.807, 2.05) is 72.8 Å². The molecule has 8 aromatic rings. The molecule has 54 heavy (non-hydrogen) atoms. The Bertz CT molecular complexity index is 2480. The lowest BCUT2D eigenvalue weighted by atomic mass is 10.1. The standard InChI is InChI=1S/C46H39N3O5/c1-51-39-19-7-32(8-20-39)47(31-5-17-38(50)18-6-31)36-15-27-45-43(29-36)44-30-37(16-28-46(44)49(45)35-13-25-42(54-4)26-14-35)48(33-9-21-40(52-2)22-10-33)34-11-23-41(53-3)24-12-34/h5-30,50H,1-4H3. The van der Waals surface area contributed by atoms with E-state index in [1.165, 1.54) is 0 Å². The van der Waals surface area contributed by atoms with Crippen LogP contribution in [0, 0.1) is 0 Å². The van der Waals surface area contributed by atoms with E-state index in [4.69, 9.17) is 18.9 Å². The fraction of sp³-hybridized carbons (Fsp3) is 0.0870. The molecular formula is C46H39N3O5. The van der Waals surface area contributed by atoms with Gasteiger partial charge in [0.1, 0.15) is 28.7 Å². The maximum Gasteiger partial charge on any atom is 0.119 e. The monoisotopic (exact) mass is 713 g/mol. The highest BCUT2D eigenvalue weighted by Gasteiger charge is 2.20. The van der Waals surface area contributed by atoms with Gasteiger partial charge in [-0.15, -0.1) is 0 Å². The van der Waals surface area contributed by atoms with Gasteiger partial charge in [-0.2, -0.15) is 0 Å². The molecule has 0 bridgehead atoms. The summed E-state index contributed by atoms with van der Waals surface area (Å²) in [5.41, 5.74) is 8.90. The first-order valence-electron chi connectivity index (χ1n) is 17.5. The normalized spacial score (nSPS) is 11.0. The molecule has 0 radical (unpaired) electrons. The molecule has 1 aromatic heterocycles. The van der Waals surface area contributed by atoms with Gasteiger partial charge in [0.25, 0.3) is 0 Å². The summed E-state index contributed by atoms with van der Waals surface area (Å²) in [6, 6.07) is 52.7. The van der Waals surface area contributed by atoms with Crippen molar-refractivity contribution in [3.05, 3.63) is 158 Å². The van der Waals surface area contributed by atoms with Crippen LogP contribution in [0.3, 0.4) is 0 Å². The lowest BCUT2D eigenvalue weighted by Crippen LogP contribution is -2.10. The third kappa shape index (κ3) is 6.34. The summed E-state index contributed by atoms with van der Waals surface area (Å²) in [5, 5.41) is 12.3. The third-order valence-corrected chi connectivity index (χ3v) is 9.68. The zero-order valence-corrected chi connectivity index (χ0v) is 30.4. The van der Waals surface area contributed by atoms with Gasteiger partial charge in [-0.05, 0) is 158 Å². The molecule has 0 unspecified atom stereocenters. The summed E-state index contributed by atoms with van der Waals surface area (Å²) >= 11 is 0. The number of phenolic OH excluding ortho intramolecular Hbond substituents is 1. The molecule has 0 spiro atoms. The zero-order valence-electron chi connectivity index (χ0n) is 30.4. The van der Waals surface area contributed by atoms with Gasteiger partial charge in [-0.1, -0.05) is 0 Å². The Morgan fingerprint density at radius 3 is 1.00 bits per heavy atom. The van der Waals surface area contributed by atoms with Crippen molar-refractivity contribution < 1.29 is 24.1 Å². The van der Waals surface area contributed by atoms with E-state index in [0.29, 0.717) is 0 Å². The predicted molar refractivity (Wildman–Crippen MR) is 218 cm³/mol. The first kappa shape index (κ1) is 34.0. The van der Waals surface area contributed by atoms with E-state index in [9.17, 15) is 5.11 Å². The molecule has 1 heterocycles. The lowest BCUT2D eigenvalue weighted by molar-refractivity contribution is 0.414. The summed E-state index contributed by atoms with van der Waals surface area (Å²) in [7, 11) is 6.69. The van der Waals surface area contributed by atoms with Gasteiger partial charge in [0.15, 0.2) is 0 Å². The minimum atomic E-state index is 0.206. The minimum absolute atomic E-state index is 0.206. The molecule has 8 rings (SSSR count). The quantitative estimate of drug-likeness (QED) is 0.143. The Morgan fingerprint density at radius 2 is 0.667 bits per heavy atom. The van der Waals surface area contributed by atoms with Crippen molar-refractivity contribution in [2.45, 2.75) is 0 Å². The first-order valence-corrected chi connectivity index (χ1v) is 17.5. The summed E-state index contributed by atoms with van der Waals surface area (Å²) in [6.45, 7) is 0. The molecule has 0 aliphatic carbocycles. The number of anilines is 6. The average molecular weight is 714 g/mol. The van der Waals surface area contributed by atoms with Gasteiger partial charge < -0.3 is 38.4 Å². The van der Waals surface area contributed by atoms with Gasteiger partial charge in [0, 0.05) is 50.6 Å². The second-order valence-electron chi connectivity index (χ2n) is 12.7. The Balaban J connectivity index is 1.37. The number of nitrogens with zero attached hydrogens (tertiary/aromatic N) is 3. The number of benzene rings is 7. The fourth-order valence-electron chi connectivity index (χ4n) is 6.98. The van der Waals surface area contributed by atoms with Crippen LogP contribution in [0.15, 0.2) is 158 Å². The van der Waals surface area contributed by atoms with Crippen molar-refractivity contribution in [1.82, 2.24) is 4.57 Å². The summed E-state index contributed by atoms with van der Waals surface area (Å²) in [5.74, 6) is 3.34. The van der Waals surface area contributed by atoms with Crippen LogP contribution in [0.25, 0.3) is 27.5 Å². The summed E-state index contributed by atoms with van der Waals surface area (Å²) in [4.78, 5) is 4.42. The lowest BCUT2D eigenvalue weighted by Gasteiger charge is -2.26. The zero-order chi connectivity index (χ0) is 37.2. The van der Waals surface area contributed by atoms with E-state index in [2.05, 4.69) is 87.2 Å². The highest BCUT2D eigenvalue weighted by atomic mass is 16.5. The molecule has 268 valence electrons. The number of ether oxygens (including phenoxy) is 4. The number of rotatable bonds is 11. The molecule has 7 aromatic carbocycles. The summed E-state index contributed by atoms with van der Waals surface area (Å²) in [6.07, 6.45) is 0. The van der Waals surface area contributed by atoms with E-state index in [-0.39, 0.29) is 5.75 Å². The van der Waals surface area contributed by atoms with Crippen LogP contribution in [-0.4, -0.2) is 38.1 Å². The Kier molecular flexibility index (Phi) is 9.15. The van der Waals surface area contributed by atoms with Gasteiger partial charge in [-0.25, -0.2) is 0 Å². The number of hydrogen-bond acceptors (Lipinski definition) is 7. The van der Waals surface area contributed by atoms with Crippen LogP contribution in [-0.2, 0) is 0 Å². The van der Waals surface area contributed by atoms with Crippen LogP contribution in [0.2, 0.25) is 0 Å². The molecule has 0 aliphatic rings. The van der Waals surface area contributed by atoms with Crippen molar-refractivity contribution in [2.24, 2.45) is 0 Å². The molecule has 0 aliphatic heterocycles. The van der Waals surface area contributed by atoms with Crippen molar-refractivity contribution in [3.8, 4) is 34.4 Å². The smallest absolute Gasteiger partial charge is 0.119 e. The van der Waals surface area contributed by atoms with Crippen LogP contribution in [0.1, 0.15) is 0 Å². The Morgan fingerprint density at radius 1 is 0.370 bits per heavy atom. The largest absolute Gasteiger partial charge is 0.508 e. The average Bonchev–Trinajstić information content (AvgIpc) is 3.55. The number of fused-ring (bicyclic) bond motifs is 3. The number of aromatic hydroxyl groups is 1. The SMILES string of the molecule is COc1ccc(N(c2ccc(O)cc2)c2ccc3c(c2)c2cc(N(c4ccc(OC)cc4)c4ccc(OC)cc4)ccc2n3-c2ccc(OC)cc2)cc1. The molecule has 1 N–H and O–H groups in total. The van der Waals surface area contributed by atoms with Crippen LogP contribution >= 0.6 is 0 Å². The molecule has 8 nitrogen and oxygen atoms in total. The van der Waals surface area contributed by atoms with Crippen LogP contribution < -0.4 is 28.7 Å². The van der Waals surface area contributed by atoms with Crippen LogP contribution in [0.4, 0.5) is 34.1 Å². The van der Waals surface area contributed by atoms with Crippen molar-refractivity contribution in [3.63, 3.8) is 0 Å². The molecule has 0 saturated carbocycles. The third-order valence-electron chi connectivity index (χ3n) is 9.68. The highest BCUT2D eigenvalue weighted by Crippen LogP contribution is 2.43. The van der Waals surface area contributed by atoms with E-state index in [1.54, 1.807) is 40.6 Å². The molecule has 0 amide bonds. The van der Waals surface area contributed by atoms with E-state index < -0.39 is 0 Å². The van der Waals surface area contributed by atoms with Gasteiger partial charge in [0.2, 0.25) is 0 Å². The number of aromatic nitrogens is 1. The predicted octanol–water partition coefficient (Wildman–Crippen LogP) is 11.5. The Labute approximate surface area is 314 Å². The second kappa shape index (κ2) is 14.5. The molecule has 0 fully saturated rings. The number of methoxy groups -OCH3 is 4. The molecule has 8 heteroatoms. The van der Waals surface area contributed by atoms with Crippen molar-refractivity contribution in [1.29, 1.82) is 0 Å². The van der Waals surface area contributed by atoms with E-state index >= 15 is 0 Å². The Hall–Kier alpha value is -7.06. The van der Waals surface area contributed by atoms with Gasteiger partial charge in [0.05, 0.1) is 39.5 Å². The van der Waals surface area contributed by atoms with Crippen molar-refractivity contribution in [2.75, 3.05) is 38.2 Å². The van der Waals surface area contributed by atoms with Gasteiger partial charge >= 0.3 is 0 Å². The number of hydrogen-bond donors (Lipinski definition) is 1. The van der Waals surface area contributed by atoms with Crippen molar-refractivity contribution >= 4 is 55.9 Å². The maximum atomic E-state index is 10.2. The minimum Gasteiger partial charge on any atom is -0.508 e. The van der Waals surface area contributed by atoms with Gasteiger partial charge in [-0.3, -0.25) is 0 Å².